The van der Waals surface area contributed by atoms with Gasteiger partial charge in [0.1, 0.15) is 36.6 Å². The molecule has 17 nitrogen and oxygen atoms in total. The first-order valence-electron chi connectivity index (χ1n) is 33.8. The summed E-state index contributed by atoms with van der Waals surface area (Å²) in [6, 6.07) is 37.3. The fraction of sp³-hybridized carbons (Fsp3) is 0.453. The number of methoxy groups -OCH3 is 1. The summed E-state index contributed by atoms with van der Waals surface area (Å²) in [5.74, 6) is -1.53. The van der Waals surface area contributed by atoms with Gasteiger partial charge in [-0.1, -0.05) is 91.3 Å². The number of likely N-dealkylation sites (tertiary alicyclic amines) is 2. The number of para-hydroxylation sites is 1. The number of ether oxygens (including phenoxy) is 4. The number of anilines is 2. The van der Waals surface area contributed by atoms with E-state index in [0.29, 0.717) is 113 Å². The van der Waals surface area contributed by atoms with Crippen LogP contribution in [0.4, 0.5) is 46.9 Å². The Balaban J connectivity index is 0.00000486. The average molecular weight is 1490 g/mol. The van der Waals surface area contributed by atoms with Crippen LogP contribution in [0, 0.1) is 5.82 Å². The van der Waals surface area contributed by atoms with Crippen LogP contribution in [0.5, 0.6) is 5.75 Å². The summed E-state index contributed by atoms with van der Waals surface area (Å²) in [6.07, 6.45) is -4.26. The normalized spacial score (nSPS) is 17.5. The van der Waals surface area contributed by atoms with Crippen molar-refractivity contribution in [1.82, 2.24) is 29.4 Å². The van der Waals surface area contributed by atoms with Gasteiger partial charge in [0.05, 0.1) is 42.1 Å². The van der Waals surface area contributed by atoms with Crippen LogP contribution < -0.4 is 15.4 Å². The number of benzene rings is 6. The highest BCUT2D eigenvalue weighted by Gasteiger charge is 2.50. The maximum absolute atomic E-state index is 14.3. The number of halogens is 10. The van der Waals surface area contributed by atoms with E-state index in [2.05, 4.69) is 32.6 Å². The van der Waals surface area contributed by atoms with Gasteiger partial charge >= 0.3 is 18.4 Å². The molecule has 0 aromatic heterocycles. The lowest BCUT2D eigenvalue weighted by Crippen LogP contribution is -2.50. The minimum atomic E-state index is -5.15. The van der Waals surface area contributed by atoms with Crippen molar-refractivity contribution < 1.29 is 73.7 Å². The second kappa shape index (κ2) is 36.6. The lowest BCUT2D eigenvalue weighted by atomic mass is 9.72. The fourth-order valence-corrected chi connectivity index (χ4v) is 14.0. The molecule has 10 rings (SSSR count). The van der Waals surface area contributed by atoms with Crippen LogP contribution in [0.1, 0.15) is 113 Å². The Bertz CT molecular complexity index is 3740. The minimum absolute atomic E-state index is 0. The topological polar surface area (TPSA) is 166 Å². The van der Waals surface area contributed by atoms with Gasteiger partial charge < -0.3 is 53.7 Å². The first-order valence-corrected chi connectivity index (χ1v) is 33.8. The van der Waals surface area contributed by atoms with E-state index in [-0.39, 0.29) is 92.8 Å². The van der Waals surface area contributed by atoms with Crippen LogP contribution in [0.15, 0.2) is 140 Å². The quantitative estimate of drug-likeness (QED) is 0.0371. The highest BCUT2D eigenvalue weighted by Crippen LogP contribution is 2.49. The Labute approximate surface area is 609 Å². The standard InChI is InChI=1S/C75H87F7N8O9.3ClH/c1-85(35-15-36-87(3)70(94)62-28-27-59(48-65(62)96-4)83-34-14-6-9-22-67(91)86(2)42-43-88-37-29-60(30-38-88)99-71(95)84-64-21-13-11-19-61(64)52-16-7-5-8-17-52)68(92)49-97-66-46-53-18-10-12-20-63(53)72(66)31-39-89(40-32-72)41-33-73(55-23-25-58(76)26-24-55)50-90(51-98-73)69(93)54-44-56(74(77,78)79)47-57(45-54)75(80,81)82;;;/h5,7-8,10-13,16-21,23-28,44-45,47-48,60,66,83H,6,9,14-15,22,29-43,46,49-51H2,1-4H3,(H,84,95);3*1H/t66-,73+;;;/m0.../s1. The molecule has 3 aliphatic heterocycles. The van der Waals surface area contributed by atoms with E-state index in [9.17, 15) is 54.7 Å². The molecule has 3 heterocycles. The van der Waals surface area contributed by atoms with Gasteiger partial charge in [-0.15, -0.1) is 37.2 Å². The van der Waals surface area contributed by atoms with Gasteiger partial charge in [0.15, 0.2) is 0 Å². The van der Waals surface area contributed by atoms with Gasteiger partial charge in [0.2, 0.25) is 11.8 Å². The van der Waals surface area contributed by atoms with Gasteiger partial charge in [0, 0.05) is 108 Å². The van der Waals surface area contributed by atoms with E-state index >= 15 is 0 Å². The number of hydrogen-bond acceptors (Lipinski definition) is 12. The molecule has 6 aromatic carbocycles. The smallest absolute Gasteiger partial charge is 0.416 e. The molecule has 102 heavy (non-hydrogen) atoms. The third kappa shape index (κ3) is 20.6. The molecule has 2 atom stereocenters. The maximum Gasteiger partial charge on any atom is 0.416 e. The van der Waals surface area contributed by atoms with Crippen molar-refractivity contribution in [2.75, 3.05) is 124 Å². The summed E-state index contributed by atoms with van der Waals surface area (Å²) in [5, 5.41) is 6.34. The van der Waals surface area contributed by atoms with Gasteiger partial charge in [-0.2, -0.15) is 26.3 Å². The molecular formula is C75H90Cl3F7N8O9. The number of likely N-dealkylation sites (N-methyl/N-ethyl adjacent to an activating group) is 2. The first-order chi connectivity index (χ1) is 47.4. The number of carbonyl (C=O) groups is 5. The number of carbonyl (C=O) groups excluding carboxylic acids is 5. The van der Waals surface area contributed by atoms with Gasteiger partial charge in [-0.25, -0.2) is 9.18 Å². The molecule has 3 saturated heterocycles. The van der Waals surface area contributed by atoms with Crippen molar-refractivity contribution >= 4 is 78.3 Å². The van der Waals surface area contributed by atoms with Crippen molar-refractivity contribution in [3.63, 3.8) is 0 Å². The van der Waals surface area contributed by atoms with Crippen LogP contribution >= 0.6 is 37.2 Å². The molecule has 1 aliphatic carbocycles. The fourth-order valence-electron chi connectivity index (χ4n) is 14.0. The maximum atomic E-state index is 14.3. The third-order valence-electron chi connectivity index (χ3n) is 19.8. The molecule has 0 bridgehead atoms. The van der Waals surface area contributed by atoms with Gasteiger partial charge in [-0.05, 0) is 142 Å². The van der Waals surface area contributed by atoms with Crippen molar-refractivity contribution in [2.45, 2.75) is 106 Å². The number of fused-ring (bicyclic) bond motifs is 2. The number of rotatable bonds is 27. The number of nitrogens with one attached hydrogen (secondary N) is 2. The zero-order valence-corrected chi connectivity index (χ0v) is 60.1. The molecule has 4 aliphatic rings. The number of piperidine rings is 2. The molecule has 554 valence electrons. The second-order valence-electron chi connectivity index (χ2n) is 26.3. The molecule has 0 saturated carbocycles. The molecule has 27 heteroatoms. The molecule has 5 amide bonds. The Hall–Kier alpha value is -7.71. The van der Waals surface area contributed by atoms with Crippen molar-refractivity contribution in [3.05, 3.63) is 184 Å². The van der Waals surface area contributed by atoms with Crippen LogP contribution in [-0.4, -0.2) is 185 Å². The highest BCUT2D eigenvalue weighted by molar-refractivity contribution is 5.97. The first kappa shape index (κ1) is 81.6. The van der Waals surface area contributed by atoms with Crippen LogP contribution in [0.3, 0.4) is 0 Å². The predicted octanol–water partition coefficient (Wildman–Crippen LogP) is 14.3. The molecule has 0 radical (unpaired) electrons. The van der Waals surface area contributed by atoms with E-state index in [1.54, 1.807) is 40.9 Å². The number of unbranched alkanes of at least 4 members (excludes halogenated alkanes) is 2. The number of hydrogen-bond donors (Lipinski definition) is 2. The summed E-state index contributed by atoms with van der Waals surface area (Å²) in [6.45, 7) is 5.10. The van der Waals surface area contributed by atoms with Crippen molar-refractivity contribution in [1.29, 1.82) is 0 Å². The minimum Gasteiger partial charge on any atom is -0.496 e. The Kier molecular flexibility index (Phi) is 29.3. The SMILES string of the molecule is COc1cc(NCCCCCC(=O)N(C)CCN2CCC(OC(=O)Nc3ccccc3-c3ccccc3)CC2)ccc1C(=O)N(C)CCCN(C)C(=O)CO[C@H]1Cc2ccccc2C12CCN(CC[C@]1(c3ccc(F)cc3)CN(C(=O)c3cc(C(F)(F)F)cc(C(F)(F)F)c3)CO1)CC2.Cl.Cl.Cl. The summed E-state index contributed by atoms with van der Waals surface area (Å²) in [7, 11) is 6.77. The van der Waals surface area contributed by atoms with Crippen LogP contribution in [0.2, 0.25) is 0 Å². The summed E-state index contributed by atoms with van der Waals surface area (Å²) < 4.78 is 121. The Morgan fingerprint density at radius 1 is 0.667 bits per heavy atom. The summed E-state index contributed by atoms with van der Waals surface area (Å²) in [4.78, 5) is 77.8. The van der Waals surface area contributed by atoms with E-state index in [1.807, 2.05) is 79.8 Å². The van der Waals surface area contributed by atoms with Crippen molar-refractivity contribution in [3.8, 4) is 16.9 Å². The van der Waals surface area contributed by atoms with E-state index < -0.39 is 64.6 Å². The lowest BCUT2D eigenvalue weighted by molar-refractivity contribution is -0.143. The molecule has 6 aromatic rings. The molecular weight excluding hydrogens is 1400 g/mol. The zero-order chi connectivity index (χ0) is 70.5. The number of nitrogens with zero attached hydrogens (tertiary/aromatic N) is 6. The Morgan fingerprint density at radius 3 is 1.99 bits per heavy atom. The molecule has 1 spiro atoms. The molecule has 2 N–H and O–H groups in total. The van der Waals surface area contributed by atoms with Gasteiger partial charge in [-0.3, -0.25) is 24.5 Å². The molecule has 3 fully saturated rings. The lowest BCUT2D eigenvalue weighted by Gasteiger charge is -2.44. The second-order valence-corrected chi connectivity index (χ2v) is 26.3. The van der Waals surface area contributed by atoms with Crippen LogP contribution in [-0.2, 0) is 53.6 Å². The average Bonchev–Trinajstić information content (AvgIpc) is 1.59. The molecule has 0 unspecified atom stereocenters. The monoisotopic (exact) mass is 1480 g/mol. The summed E-state index contributed by atoms with van der Waals surface area (Å²) >= 11 is 0. The zero-order valence-electron chi connectivity index (χ0n) is 57.6. The largest absolute Gasteiger partial charge is 0.496 e. The summed E-state index contributed by atoms with van der Waals surface area (Å²) in [5.41, 5.74) is 0.893. The third-order valence-corrected chi connectivity index (χ3v) is 19.8. The highest BCUT2D eigenvalue weighted by atomic mass is 35.5. The van der Waals surface area contributed by atoms with E-state index in [4.69, 9.17) is 18.9 Å². The van der Waals surface area contributed by atoms with Crippen molar-refractivity contribution in [2.24, 2.45) is 0 Å². The number of alkyl halides is 6. The Morgan fingerprint density at radius 2 is 1.30 bits per heavy atom. The van der Waals surface area contributed by atoms with Gasteiger partial charge in [0.25, 0.3) is 11.8 Å². The number of amides is 5. The van der Waals surface area contributed by atoms with Crippen LogP contribution in [0.25, 0.3) is 11.1 Å². The predicted molar refractivity (Wildman–Crippen MR) is 383 cm³/mol. The van der Waals surface area contributed by atoms with E-state index in [1.165, 1.54) is 31.4 Å². The van der Waals surface area contributed by atoms with E-state index in [0.717, 1.165) is 84.6 Å².